The molecule has 0 rings (SSSR count). The molecule has 0 fully saturated rings. The molecule has 0 aliphatic rings. The van der Waals surface area contributed by atoms with Gasteiger partial charge in [-0.15, -0.1) is 0 Å². The van der Waals surface area contributed by atoms with Crippen molar-refractivity contribution in [3.05, 3.63) is 0 Å². The van der Waals surface area contributed by atoms with E-state index in [0.717, 1.165) is 0 Å². The summed E-state index contributed by atoms with van der Waals surface area (Å²) in [5, 5.41) is 0. The maximum atomic E-state index is 2.35. The molecule has 0 aliphatic heterocycles. The number of rotatable bonds is 3. The fourth-order valence-corrected chi connectivity index (χ4v) is 0.750. The Hall–Kier alpha value is 0.0649. The second-order valence-corrected chi connectivity index (χ2v) is 2.87. The summed E-state index contributed by atoms with van der Waals surface area (Å²) in [6, 6.07) is 0. The van der Waals surface area contributed by atoms with E-state index >= 15 is 0 Å². The van der Waals surface area contributed by atoms with Gasteiger partial charge in [0.2, 0.25) is 0 Å². The van der Waals surface area contributed by atoms with E-state index in [2.05, 4.69) is 28.6 Å². The fourth-order valence-electron chi connectivity index (χ4n) is 0.750. The van der Waals surface area contributed by atoms with Gasteiger partial charge in [-0.05, 0) is 5.41 Å². The molecule has 1 heteroatoms. The molecule has 0 amide bonds. The monoisotopic (exact) mass is 112 g/mol. The maximum Gasteiger partial charge on any atom is 0.102 e. The lowest BCUT2D eigenvalue weighted by Gasteiger charge is -2.24. The van der Waals surface area contributed by atoms with Crippen LogP contribution in [0.15, 0.2) is 0 Å². The Morgan fingerprint density at radius 1 is 1.25 bits per heavy atom. The van der Waals surface area contributed by atoms with Crippen LogP contribution >= 0.6 is 0 Å². The zero-order valence-corrected chi connectivity index (χ0v) is 6.62. The topological polar surface area (TPSA) is 0 Å². The summed E-state index contributed by atoms with van der Waals surface area (Å²) in [6.07, 6.45) is 3.96. The molecule has 0 aromatic carbocycles. The van der Waals surface area contributed by atoms with Gasteiger partial charge in [0.05, 0.1) is 0 Å². The Morgan fingerprint density at radius 3 is 1.62 bits per heavy atom. The van der Waals surface area contributed by atoms with Gasteiger partial charge in [-0.25, -0.2) is 0 Å². The Kier molecular flexibility index (Phi) is 3.19. The summed E-state index contributed by atoms with van der Waals surface area (Å²) in [7, 11) is 2.27. The van der Waals surface area contributed by atoms with E-state index in [1.165, 1.54) is 19.2 Å². The molecule has 0 aliphatic carbocycles. The van der Waals surface area contributed by atoms with E-state index in [4.69, 9.17) is 0 Å². The third kappa shape index (κ3) is 1.89. The third-order valence-corrected chi connectivity index (χ3v) is 2.56. The molecule has 0 nitrogen and oxygen atoms in total. The second kappa shape index (κ2) is 3.16. The maximum absolute atomic E-state index is 2.35. The number of hydrogen-bond donors (Lipinski definition) is 0. The van der Waals surface area contributed by atoms with E-state index in [-0.39, 0.29) is 0 Å². The molecule has 0 spiro atoms. The largest absolute Gasteiger partial charge is 0.102 e. The first-order chi connectivity index (χ1) is 3.68. The predicted octanol–water partition coefficient (Wildman–Crippen LogP) is 1.86. The van der Waals surface area contributed by atoms with Gasteiger partial charge in [0.1, 0.15) is 7.85 Å². The van der Waals surface area contributed by atoms with Gasteiger partial charge in [0.15, 0.2) is 0 Å². The van der Waals surface area contributed by atoms with Crippen molar-refractivity contribution in [2.24, 2.45) is 5.41 Å². The van der Waals surface area contributed by atoms with Crippen LogP contribution in [0.3, 0.4) is 0 Å². The molecular formula is C7H17B. The quantitative estimate of drug-likeness (QED) is 0.489. The zero-order valence-electron chi connectivity index (χ0n) is 6.62. The van der Waals surface area contributed by atoms with Crippen molar-refractivity contribution in [3.8, 4) is 0 Å². The lowest BCUT2D eigenvalue weighted by atomic mass is 9.74. The van der Waals surface area contributed by atoms with Gasteiger partial charge in [0.25, 0.3) is 0 Å². The van der Waals surface area contributed by atoms with Crippen LogP contribution in [0.5, 0.6) is 0 Å². The van der Waals surface area contributed by atoms with E-state index in [1.807, 2.05) is 0 Å². The van der Waals surface area contributed by atoms with Crippen LogP contribution < -0.4 is 0 Å². The molecule has 0 bridgehead atoms. The molecule has 8 heavy (non-hydrogen) atoms. The average molecular weight is 112 g/mol. The predicted molar refractivity (Wildman–Crippen MR) is 42.0 cm³/mol. The minimum Gasteiger partial charge on any atom is -0.0758 e. The number of hydrogen-bond acceptors (Lipinski definition) is 0. The van der Waals surface area contributed by atoms with Crippen LogP contribution in [0.4, 0.5) is 0 Å². The lowest BCUT2D eigenvalue weighted by molar-refractivity contribution is 0.338. The van der Waals surface area contributed by atoms with Gasteiger partial charge in [0, 0.05) is 0 Å². The highest BCUT2D eigenvalue weighted by Crippen LogP contribution is 2.28. The van der Waals surface area contributed by atoms with Crippen LogP contribution in [0, 0.1) is 5.41 Å². The second-order valence-electron chi connectivity index (χ2n) is 2.87. The van der Waals surface area contributed by atoms with Gasteiger partial charge < -0.3 is 0 Å². The van der Waals surface area contributed by atoms with Gasteiger partial charge in [-0.2, -0.15) is 0 Å². The van der Waals surface area contributed by atoms with Crippen molar-refractivity contribution in [2.45, 2.75) is 39.9 Å². The summed E-state index contributed by atoms with van der Waals surface area (Å²) >= 11 is 0. The van der Waals surface area contributed by atoms with Crippen molar-refractivity contribution in [3.63, 3.8) is 0 Å². The van der Waals surface area contributed by atoms with E-state index in [9.17, 15) is 0 Å². The minimum absolute atomic E-state index is 0.625. The smallest absolute Gasteiger partial charge is 0.0758 e. The molecule has 0 unspecified atom stereocenters. The van der Waals surface area contributed by atoms with Gasteiger partial charge in [-0.1, -0.05) is 39.9 Å². The SMILES string of the molecule is BCC(C)(CC)CC. The van der Waals surface area contributed by atoms with Crippen molar-refractivity contribution < 1.29 is 0 Å². The van der Waals surface area contributed by atoms with Crippen molar-refractivity contribution in [1.29, 1.82) is 0 Å². The van der Waals surface area contributed by atoms with E-state index in [0.29, 0.717) is 5.41 Å². The Bertz CT molecular complexity index is 47.1. The lowest BCUT2D eigenvalue weighted by Crippen LogP contribution is -2.11. The third-order valence-electron chi connectivity index (χ3n) is 2.56. The highest BCUT2D eigenvalue weighted by molar-refractivity contribution is 6.08. The van der Waals surface area contributed by atoms with Crippen molar-refractivity contribution in [2.75, 3.05) is 0 Å². The molecule has 0 aromatic rings. The molecular weight excluding hydrogens is 94.9 g/mol. The highest BCUT2D eigenvalue weighted by Gasteiger charge is 2.15. The van der Waals surface area contributed by atoms with Crippen LogP contribution in [-0.4, -0.2) is 7.85 Å². The summed E-state index contributed by atoms with van der Waals surface area (Å²) in [4.78, 5) is 0. The standard InChI is InChI=1S/C7H17B/c1-4-7(3,5-2)6-8/h4-6,8H2,1-3H3. The van der Waals surface area contributed by atoms with E-state index in [1.54, 1.807) is 0 Å². The summed E-state index contributed by atoms with van der Waals surface area (Å²) in [5.74, 6) is 0. The Morgan fingerprint density at radius 2 is 1.62 bits per heavy atom. The van der Waals surface area contributed by atoms with E-state index < -0.39 is 0 Å². The molecule has 0 aromatic heterocycles. The summed E-state index contributed by atoms with van der Waals surface area (Å²) in [6.45, 7) is 6.90. The fraction of sp³-hybridized carbons (Fsp3) is 1.00. The summed E-state index contributed by atoms with van der Waals surface area (Å²) in [5.41, 5.74) is 0.625. The molecule has 0 N–H and O–H groups in total. The molecule has 0 heterocycles. The van der Waals surface area contributed by atoms with Gasteiger partial charge in [-0.3, -0.25) is 0 Å². The normalized spacial score (nSPS) is 11.9. The molecule has 0 radical (unpaired) electrons. The van der Waals surface area contributed by atoms with Crippen molar-refractivity contribution in [1.82, 2.24) is 0 Å². The first-order valence-electron chi connectivity index (χ1n) is 3.68. The van der Waals surface area contributed by atoms with Gasteiger partial charge >= 0.3 is 0 Å². The highest BCUT2D eigenvalue weighted by atomic mass is 14.2. The van der Waals surface area contributed by atoms with Crippen molar-refractivity contribution >= 4 is 7.85 Å². The molecule has 48 valence electrons. The molecule has 0 atom stereocenters. The minimum atomic E-state index is 0.625. The zero-order chi connectivity index (χ0) is 6.62. The van der Waals surface area contributed by atoms with Crippen LogP contribution in [-0.2, 0) is 0 Å². The summed E-state index contributed by atoms with van der Waals surface area (Å²) < 4.78 is 0. The van der Waals surface area contributed by atoms with Crippen LogP contribution in [0.25, 0.3) is 0 Å². The first kappa shape index (κ1) is 8.06. The van der Waals surface area contributed by atoms with Crippen LogP contribution in [0.1, 0.15) is 33.6 Å². The molecule has 0 saturated carbocycles. The molecule has 0 saturated heterocycles. The Balaban J connectivity index is 3.58. The Labute approximate surface area is 54.1 Å². The first-order valence-corrected chi connectivity index (χ1v) is 3.68. The average Bonchev–Trinajstić information content (AvgIpc) is 1.87. The van der Waals surface area contributed by atoms with Crippen LogP contribution in [0.2, 0.25) is 6.32 Å².